The number of fused-ring (bicyclic) bond motifs is 1. The lowest BCUT2D eigenvalue weighted by molar-refractivity contribution is -0.127. The molecule has 1 aliphatic heterocycles. The third kappa shape index (κ3) is 3.40. The number of benzene rings is 2. The SMILES string of the molecule is Cc1ccc2c(c1)S[C@H](C(=O)N[C@H](C(N)=O)c1ccccc1)C2. The first-order valence-electron chi connectivity index (χ1n) is 7.45. The summed E-state index contributed by atoms with van der Waals surface area (Å²) < 4.78 is 0. The van der Waals surface area contributed by atoms with Gasteiger partial charge in [0, 0.05) is 4.90 Å². The minimum atomic E-state index is -0.797. The molecule has 0 fully saturated rings. The first kappa shape index (κ1) is 15.6. The number of carbonyl (C=O) groups is 2. The second kappa shape index (κ2) is 6.46. The maximum atomic E-state index is 12.5. The van der Waals surface area contributed by atoms with Gasteiger partial charge in [-0.15, -0.1) is 11.8 Å². The minimum absolute atomic E-state index is 0.156. The highest BCUT2D eigenvalue weighted by Gasteiger charge is 2.31. The molecule has 2 aromatic rings. The highest BCUT2D eigenvalue weighted by Crippen LogP contribution is 2.37. The summed E-state index contributed by atoms with van der Waals surface area (Å²) in [5, 5.41) is 2.57. The predicted octanol–water partition coefficient (Wildman–Crippen LogP) is 2.35. The van der Waals surface area contributed by atoms with Gasteiger partial charge in [0.1, 0.15) is 6.04 Å². The number of aryl methyl sites for hydroxylation is 1. The van der Waals surface area contributed by atoms with Crippen LogP contribution < -0.4 is 11.1 Å². The van der Waals surface area contributed by atoms with Gasteiger partial charge in [-0.1, -0.05) is 48.0 Å². The number of amides is 2. The molecule has 4 nitrogen and oxygen atoms in total. The molecule has 2 amide bonds. The first-order valence-corrected chi connectivity index (χ1v) is 8.33. The Balaban J connectivity index is 1.73. The van der Waals surface area contributed by atoms with Gasteiger partial charge in [-0.25, -0.2) is 0 Å². The van der Waals surface area contributed by atoms with Crippen molar-refractivity contribution < 1.29 is 9.59 Å². The number of carbonyl (C=O) groups excluding carboxylic acids is 2. The highest BCUT2D eigenvalue weighted by molar-refractivity contribution is 8.01. The fraction of sp³-hybridized carbons (Fsp3) is 0.222. The monoisotopic (exact) mass is 326 g/mol. The topological polar surface area (TPSA) is 72.2 Å². The zero-order valence-corrected chi connectivity index (χ0v) is 13.6. The molecule has 0 radical (unpaired) electrons. The van der Waals surface area contributed by atoms with E-state index in [4.69, 9.17) is 5.73 Å². The Morgan fingerprint density at radius 2 is 1.96 bits per heavy atom. The molecule has 0 unspecified atom stereocenters. The molecular formula is C18H18N2O2S. The normalized spacial score (nSPS) is 17.3. The summed E-state index contributed by atoms with van der Waals surface area (Å²) in [6, 6.07) is 14.5. The van der Waals surface area contributed by atoms with Crippen molar-refractivity contribution in [2.75, 3.05) is 0 Å². The fourth-order valence-electron chi connectivity index (χ4n) is 2.68. The molecule has 0 saturated carbocycles. The maximum absolute atomic E-state index is 12.5. The van der Waals surface area contributed by atoms with Gasteiger partial charge in [-0.3, -0.25) is 9.59 Å². The number of rotatable bonds is 4. The second-order valence-corrected chi connectivity index (χ2v) is 6.92. The maximum Gasteiger partial charge on any atom is 0.244 e. The van der Waals surface area contributed by atoms with E-state index in [1.54, 1.807) is 23.9 Å². The van der Waals surface area contributed by atoms with Gasteiger partial charge in [0.05, 0.1) is 5.25 Å². The molecule has 23 heavy (non-hydrogen) atoms. The van der Waals surface area contributed by atoms with Gasteiger partial charge in [0.15, 0.2) is 0 Å². The Bertz CT molecular complexity index is 746. The van der Waals surface area contributed by atoms with E-state index in [1.165, 1.54) is 11.1 Å². The Kier molecular flexibility index (Phi) is 4.39. The molecule has 1 aliphatic rings. The van der Waals surface area contributed by atoms with Gasteiger partial charge >= 0.3 is 0 Å². The zero-order valence-electron chi connectivity index (χ0n) is 12.8. The fourth-order valence-corrected chi connectivity index (χ4v) is 3.98. The number of hydrogen-bond donors (Lipinski definition) is 2. The number of nitrogens with two attached hydrogens (primary N) is 1. The van der Waals surface area contributed by atoms with Gasteiger partial charge in [-0.05, 0) is 30.5 Å². The first-order chi connectivity index (χ1) is 11.0. The largest absolute Gasteiger partial charge is 0.368 e. The van der Waals surface area contributed by atoms with Crippen molar-refractivity contribution in [1.29, 1.82) is 0 Å². The second-order valence-electron chi connectivity index (χ2n) is 5.68. The van der Waals surface area contributed by atoms with E-state index in [0.29, 0.717) is 12.0 Å². The van der Waals surface area contributed by atoms with Crippen LogP contribution in [0.15, 0.2) is 53.4 Å². The third-order valence-electron chi connectivity index (χ3n) is 3.89. The van der Waals surface area contributed by atoms with Crippen molar-refractivity contribution in [2.45, 2.75) is 29.5 Å². The number of hydrogen-bond acceptors (Lipinski definition) is 3. The Labute approximate surface area is 139 Å². The summed E-state index contributed by atoms with van der Waals surface area (Å²) in [5.74, 6) is -0.711. The van der Waals surface area contributed by atoms with E-state index < -0.39 is 11.9 Å². The minimum Gasteiger partial charge on any atom is -0.368 e. The molecule has 2 atom stereocenters. The van der Waals surface area contributed by atoms with Crippen LogP contribution in [-0.4, -0.2) is 17.1 Å². The van der Waals surface area contributed by atoms with Crippen LogP contribution in [0.3, 0.4) is 0 Å². The summed E-state index contributed by atoms with van der Waals surface area (Å²) in [5.41, 5.74) is 8.51. The lowest BCUT2D eigenvalue weighted by Gasteiger charge is -2.18. The van der Waals surface area contributed by atoms with E-state index in [2.05, 4.69) is 23.5 Å². The number of primary amides is 1. The summed E-state index contributed by atoms with van der Waals surface area (Å²) in [6.07, 6.45) is 0.673. The lowest BCUT2D eigenvalue weighted by atomic mass is 10.0. The Hall–Kier alpha value is -2.27. The van der Waals surface area contributed by atoms with E-state index in [0.717, 1.165) is 4.90 Å². The molecule has 3 rings (SSSR count). The third-order valence-corrected chi connectivity index (χ3v) is 5.19. The van der Waals surface area contributed by atoms with Gasteiger partial charge in [0.25, 0.3) is 0 Å². The van der Waals surface area contributed by atoms with Crippen molar-refractivity contribution in [3.8, 4) is 0 Å². The predicted molar refractivity (Wildman–Crippen MR) is 91.0 cm³/mol. The summed E-state index contributed by atoms with van der Waals surface area (Å²) in [6.45, 7) is 2.03. The molecule has 0 aromatic heterocycles. The van der Waals surface area contributed by atoms with Crippen LogP contribution in [0.1, 0.15) is 22.7 Å². The zero-order chi connectivity index (χ0) is 16.4. The van der Waals surface area contributed by atoms with Crippen molar-refractivity contribution in [3.05, 3.63) is 65.2 Å². The van der Waals surface area contributed by atoms with Crippen LogP contribution in [0.5, 0.6) is 0 Å². The van der Waals surface area contributed by atoms with Gasteiger partial charge < -0.3 is 11.1 Å². The molecule has 0 bridgehead atoms. The quantitative estimate of drug-likeness (QED) is 0.906. The van der Waals surface area contributed by atoms with E-state index >= 15 is 0 Å². The van der Waals surface area contributed by atoms with Crippen molar-refractivity contribution >= 4 is 23.6 Å². The number of thioether (sulfide) groups is 1. The average molecular weight is 326 g/mol. The van der Waals surface area contributed by atoms with E-state index in [-0.39, 0.29) is 11.2 Å². The molecule has 0 aliphatic carbocycles. The molecule has 1 heterocycles. The average Bonchev–Trinajstić information content (AvgIpc) is 2.96. The molecule has 2 aromatic carbocycles. The molecule has 118 valence electrons. The molecule has 0 spiro atoms. The van der Waals surface area contributed by atoms with Crippen molar-refractivity contribution in [3.63, 3.8) is 0 Å². The van der Waals surface area contributed by atoms with Crippen LogP contribution in [0, 0.1) is 6.92 Å². The van der Waals surface area contributed by atoms with Crippen LogP contribution in [0.2, 0.25) is 0 Å². The molecular weight excluding hydrogens is 308 g/mol. The molecule has 0 saturated heterocycles. The van der Waals surface area contributed by atoms with E-state index in [9.17, 15) is 9.59 Å². The summed E-state index contributed by atoms with van der Waals surface area (Å²) in [7, 11) is 0. The van der Waals surface area contributed by atoms with Crippen molar-refractivity contribution in [2.24, 2.45) is 5.73 Å². The van der Waals surface area contributed by atoms with Gasteiger partial charge in [0.2, 0.25) is 11.8 Å². The standard InChI is InChI=1S/C18H18N2O2S/c1-11-7-8-13-10-15(23-14(13)9-11)18(22)20-16(17(19)21)12-5-3-2-4-6-12/h2-9,15-16H,10H2,1H3,(H2,19,21)(H,20,22)/t15-,16-/m0/s1. The van der Waals surface area contributed by atoms with Crippen LogP contribution in [0.25, 0.3) is 0 Å². The summed E-state index contributed by atoms with van der Waals surface area (Å²) in [4.78, 5) is 25.4. The van der Waals surface area contributed by atoms with E-state index in [1.807, 2.05) is 25.1 Å². The lowest BCUT2D eigenvalue weighted by Crippen LogP contribution is -2.41. The van der Waals surface area contributed by atoms with Crippen LogP contribution in [-0.2, 0) is 16.0 Å². The smallest absolute Gasteiger partial charge is 0.244 e. The summed E-state index contributed by atoms with van der Waals surface area (Å²) >= 11 is 1.54. The molecule has 3 N–H and O–H groups in total. The van der Waals surface area contributed by atoms with Gasteiger partial charge in [-0.2, -0.15) is 0 Å². The molecule has 5 heteroatoms. The van der Waals surface area contributed by atoms with Crippen LogP contribution in [0.4, 0.5) is 0 Å². The Morgan fingerprint density at radius 1 is 1.22 bits per heavy atom. The number of nitrogens with one attached hydrogen (secondary N) is 1. The Morgan fingerprint density at radius 3 is 2.65 bits per heavy atom. The highest BCUT2D eigenvalue weighted by atomic mass is 32.2. The van der Waals surface area contributed by atoms with Crippen LogP contribution >= 0.6 is 11.8 Å². The van der Waals surface area contributed by atoms with Crippen molar-refractivity contribution in [1.82, 2.24) is 5.32 Å².